The number of hydrogen-bond donors (Lipinski definition) is 0. The van der Waals surface area contributed by atoms with E-state index in [1.54, 1.807) is 25.3 Å². The molecule has 0 bridgehead atoms. The van der Waals surface area contributed by atoms with Crippen LogP contribution in [-0.2, 0) is 11.3 Å². The average molecular weight is 354 g/mol. The van der Waals surface area contributed by atoms with Crippen LogP contribution >= 0.6 is 0 Å². The summed E-state index contributed by atoms with van der Waals surface area (Å²) in [5, 5.41) is 0. The number of ether oxygens (including phenoxy) is 2. The van der Waals surface area contributed by atoms with E-state index in [1.807, 2.05) is 27.7 Å². The molecule has 0 aliphatic rings. The van der Waals surface area contributed by atoms with Crippen molar-refractivity contribution in [1.82, 2.24) is 0 Å². The molecule has 0 aromatic heterocycles. The number of methoxy groups -OCH3 is 1. The van der Waals surface area contributed by atoms with Crippen LogP contribution in [-0.4, -0.2) is 18.9 Å². The summed E-state index contributed by atoms with van der Waals surface area (Å²) in [5.41, 5.74) is 7.16. The predicted octanol–water partition coefficient (Wildman–Crippen LogP) is 4.80. The molecule has 0 unspecified atom stereocenters. The standard InChI is InChI=1S/C22H26O4/c1-12-13(2)15(4)21(16(5)14(12)3)22(24)26-11-19-10-18(17(6)23)8-9-20(19)25-7/h8-10H,11H2,1-7H3. The van der Waals surface area contributed by atoms with Crippen molar-refractivity contribution in [2.45, 2.75) is 48.1 Å². The molecule has 0 N–H and O–H groups in total. The quantitative estimate of drug-likeness (QED) is 0.572. The van der Waals surface area contributed by atoms with Crippen LogP contribution in [0.3, 0.4) is 0 Å². The molecule has 0 aliphatic heterocycles. The van der Waals surface area contributed by atoms with E-state index in [-0.39, 0.29) is 18.4 Å². The monoisotopic (exact) mass is 354 g/mol. The number of carbonyl (C=O) groups is 2. The lowest BCUT2D eigenvalue weighted by atomic mass is 9.90. The van der Waals surface area contributed by atoms with Gasteiger partial charge in [0.15, 0.2) is 5.78 Å². The van der Waals surface area contributed by atoms with Gasteiger partial charge in [-0.25, -0.2) is 4.79 Å². The van der Waals surface area contributed by atoms with E-state index in [0.29, 0.717) is 22.4 Å². The first kappa shape index (κ1) is 19.7. The highest BCUT2D eigenvalue weighted by Crippen LogP contribution is 2.27. The van der Waals surface area contributed by atoms with Gasteiger partial charge < -0.3 is 9.47 Å². The summed E-state index contributed by atoms with van der Waals surface area (Å²) in [6.45, 7) is 11.6. The van der Waals surface area contributed by atoms with Crippen molar-refractivity contribution in [2.24, 2.45) is 0 Å². The lowest BCUT2D eigenvalue weighted by Crippen LogP contribution is -2.13. The Morgan fingerprint density at radius 1 is 0.885 bits per heavy atom. The van der Waals surface area contributed by atoms with Crippen LogP contribution in [0.4, 0.5) is 0 Å². The molecular weight excluding hydrogens is 328 g/mol. The van der Waals surface area contributed by atoms with Crippen molar-refractivity contribution in [3.05, 3.63) is 62.7 Å². The number of rotatable bonds is 5. The Balaban J connectivity index is 2.33. The van der Waals surface area contributed by atoms with Crippen molar-refractivity contribution in [2.75, 3.05) is 7.11 Å². The molecule has 2 aromatic carbocycles. The van der Waals surface area contributed by atoms with Crippen LogP contribution < -0.4 is 4.74 Å². The van der Waals surface area contributed by atoms with Crippen LogP contribution in [0.5, 0.6) is 5.75 Å². The van der Waals surface area contributed by atoms with Crippen LogP contribution in [0.25, 0.3) is 0 Å². The minimum absolute atomic E-state index is 0.0447. The maximum Gasteiger partial charge on any atom is 0.339 e. The third-order valence-corrected chi connectivity index (χ3v) is 5.25. The number of Topliss-reactive ketones (excluding diaryl/α,β-unsaturated/α-hetero) is 1. The van der Waals surface area contributed by atoms with Crippen LogP contribution in [0.15, 0.2) is 18.2 Å². The van der Waals surface area contributed by atoms with E-state index < -0.39 is 0 Å². The molecule has 0 aliphatic carbocycles. The Morgan fingerprint density at radius 3 is 1.92 bits per heavy atom. The molecule has 4 heteroatoms. The highest BCUT2D eigenvalue weighted by atomic mass is 16.5. The van der Waals surface area contributed by atoms with Gasteiger partial charge in [-0.15, -0.1) is 0 Å². The fraction of sp³-hybridized carbons (Fsp3) is 0.364. The minimum Gasteiger partial charge on any atom is -0.496 e. The Morgan fingerprint density at radius 2 is 1.42 bits per heavy atom. The summed E-state index contributed by atoms with van der Waals surface area (Å²) in [7, 11) is 1.55. The summed E-state index contributed by atoms with van der Waals surface area (Å²) in [6, 6.07) is 5.13. The minimum atomic E-state index is -0.360. The first-order chi connectivity index (χ1) is 12.2. The van der Waals surface area contributed by atoms with Gasteiger partial charge >= 0.3 is 5.97 Å². The van der Waals surface area contributed by atoms with E-state index in [0.717, 1.165) is 22.3 Å². The second kappa shape index (κ2) is 7.73. The summed E-state index contributed by atoms with van der Waals surface area (Å²) >= 11 is 0. The Hall–Kier alpha value is -2.62. The van der Waals surface area contributed by atoms with Crippen LogP contribution in [0.1, 0.15) is 61.0 Å². The zero-order valence-electron chi connectivity index (χ0n) is 16.6. The number of hydrogen-bond acceptors (Lipinski definition) is 4. The molecule has 2 rings (SSSR count). The third kappa shape index (κ3) is 3.64. The molecule has 0 radical (unpaired) electrons. The molecule has 0 spiro atoms. The first-order valence-electron chi connectivity index (χ1n) is 8.61. The molecule has 0 fully saturated rings. The predicted molar refractivity (Wildman–Crippen MR) is 102 cm³/mol. The van der Waals surface area contributed by atoms with E-state index in [9.17, 15) is 9.59 Å². The summed E-state index contributed by atoms with van der Waals surface area (Å²) < 4.78 is 10.9. The maximum atomic E-state index is 12.8. The zero-order chi connectivity index (χ0) is 19.6. The number of esters is 1. The Kier molecular flexibility index (Phi) is 5.86. The lowest BCUT2D eigenvalue weighted by molar-refractivity contribution is 0.0468. The summed E-state index contributed by atoms with van der Waals surface area (Å²) in [4.78, 5) is 24.4. The van der Waals surface area contributed by atoms with Gasteiger partial charge in [-0.2, -0.15) is 0 Å². The van der Waals surface area contributed by atoms with Crippen LogP contribution in [0, 0.1) is 34.6 Å². The van der Waals surface area contributed by atoms with Gasteiger partial charge in [0.1, 0.15) is 12.4 Å². The molecule has 2 aromatic rings. The van der Waals surface area contributed by atoms with E-state index in [4.69, 9.17) is 9.47 Å². The van der Waals surface area contributed by atoms with Gasteiger partial charge in [0.25, 0.3) is 0 Å². The van der Waals surface area contributed by atoms with Gasteiger partial charge in [0.2, 0.25) is 0 Å². The largest absolute Gasteiger partial charge is 0.496 e. The van der Waals surface area contributed by atoms with Gasteiger partial charge in [-0.05, 0) is 87.6 Å². The molecule has 0 amide bonds. The van der Waals surface area contributed by atoms with Crippen LogP contribution in [0.2, 0.25) is 0 Å². The third-order valence-electron chi connectivity index (χ3n) is 5.25. The van der Waals surface area contributed by atoms with Crippen molar-refractivity contribution < 1.29 is 19.1 Å². The molecule has 0 saturated heterocycles. The Labute approximate surface area is 155 Å². The average Bonchev–Trinajstić information content (AvgIpc) is 2.62. The van der Waals surface area contributed by atoms with Gasteiger partial charge in [0, 0.05) is 11.1 Å². The van der Waals surface area contributed by atoms with E-state index >= 15 is 0 Å². The molecule has 138 valence electrons. The van der Waals surface area contributed by atoms with Crippen molar-refractivity contribution in [3.63, 3.8) is 0 Å². The Bertz CT molecular complexity index is 849. The lowest BCUT2D eigenvalue weighted by Gasteiger charge is -2.18. The van der Waals surface area contributed by atoms with Crippen molar-refractivity contribution in [3.8, 4) is 5.75 Å². The molecule has 0 saturated carbocycles. The number of benzene rings is 2. The number of carbonyl (C=O) groups excluding carboxylic acids is 2. The maximum absolute atomic E-state index is 12.8. The second-order valence-corrected chi connectivity index (χ2v) is 6.66. The first-order valence-corrected chi connectivity index (χ1v) is 8.61. The topological polar surface area (TPSA) is 52.6 Å². The SMILES string of the molecule is COc1ccc(C(C)=O)cc1COC(=O)c1c(C)c(C)c(C)c(C)c1C. The fourth-order valence-corrected chi connectivity index (χ4v) is 3.13. The molecular formula is C22H26O4. The summed E-state index contributed by atoms with van der Waals surface area (Å²) in [6.07, 6.45) is 0. The zero-order valence-corrected chi connectivity index (χ0v) is 16.6. The van der Waals surface area contributed by atoms with Crippen molar-refractivity contribution in [1.29, 1.82) is 0 Å². The van der Waals surface area contributed by atoms with Gasteiger partial charge in [-0.1, -0.05) is 0 Å². The van der Waals surface area contributed by atoms with E-state index in [2.05, 4.69) is 6.92 Å². The van der Waals surface area contributed by atoms with Gasteiger partial charge in [0.05, 0.1) is 12.7 Å². The smallest absolute Gasteiger partial charge is 0.339 e. The molecule has 0 atom stereocenters. The van der Waals surface area contributed by atoms with Gasteiger partial charge in [-0.3, -0.25) is 4.79 Å². The normalized spacial score (nSPS) is 10.6. The summed E-state index contributed by atoms with van der Waals surface area (Å²) in [5.74, 6) is 0.186. The molecule has 0 heterocycles. The molecule has 26 heavy (non-hydrogen) atoms. The van der Waals surface area contributed by atoms with Crippen molar-refractivity contribution >= 4 is 11.8 Å². The number of ketones is 1. The molecule has 4 nitrogen and oxygen atoms in total. The highest BCUT2D eigenvalue weighted by Gasteiger charge is 2.20. The highest BCUT2D eigenvalue weighted by molar-refractivity contribution is 5.95. The van der Waals surface area contributed by atoms with E-state index in [1.165, 1.54) is 12.5 Å². The second-order valence-electron chi connectivity index (χ2n) is 6.66. The fourth-order valence-electron chi connectivity index (χ4n) is 3.13.